The van der Waals surface area contributed by atoms with Gasteiger partial charge in [-0.15, -0.1) is 17.0 Å². The number of nitro groups is 1. The summed E-state index contributed by atoms with van der Waals surface area (Å²) in [5.74, 6) is 1.37. The molecule has 0 radical (unpaired) electrons. The number of hydrogen-bond acceptors (Lipinski definition) is 7. The Morgan fingerprint density at radius 1 is 1.09 bits per heavy atom. The number of piperazine rings is 1. The van der Waals surface area contributed by atoms with Crippen LogP contribution in [0.2, 0.25) is 10.0 Å². The molecule has 1 unspecified atom stereocenters. The van der Waals surface area contributed by atoms with E-state index >= 15 is 0 Å². The van der Waals surface area contributed by atoms with Crippen molar-refractivity contribution < 1.29 is 23.5 Å². The molecule has 2 aliphatic rings. The summed E-state index contributed by atoms with van der Waals surface area (Å²) in [6.07, 6.45) is 3.31. The van der Waals surface area contributed by atoms with Crippen LogP contribution >= 0.6 is 40.2 Å². The number of rotatable bonds is 10. The number of nitrogens with zero attached hydrogens (tertiary/aromatic N) is 4. The molecule has 248 valence electrons. The lowest BCUT2D eigenvalue weighted by Gasteiger charge is -2.38. The lowest BCUT2D eigenvalue weighted by atomic mass is 10.1. The summed E-state index contributed by atoms with van der Waals surface area (Å²) >= 11 is 12.3. The molecule has 2 heterocycles. The van der Waals surface area contributed by atoms with Gasteiger partial charge in [0, 0.05) is 73.8 Å². The van der Waals surface area contributed by atoms with Gasteiger partial charge >= 0.3 is 5.69 Å². The predicted molar refractivity (Wildman–Crippen MR) is 184 cm³/mol. The highest BCUT2D eigenvalue weighted by Crippen LogP contribution is 2.33. The molecule has 2 saturated heterocycles. The number of aliphatic imine (C=N–C) groups is 1. The molecular weight excluding hydrogens is 704 g/mol. The summed E-state index contributed by atoms with van der Waals surface area (Å²) < 4.78 is 31.3. The van der Waals surface area contributed by atoms with Crippen LogP contribution in [0.5, 0.6) is 17.2 Å². The molecule has 0 saturated carbocycles. The molecule has 2 fully saturated rings. The van der Waals surface area contributed by atoms with Gasteiger partial charge in [-0.25, -0.2) is 9.38 Å². The Hall–Kier alpha value is -3.32. The second-order valence-corrected chi connectivity index (χ2v) is 11.6. The zero-order chi connectivity index (χ0) is 31.8. The van der Waals surface area contributed by atoms with Crippen molar-refractivity contribution in [3.63, 3.8) is 0 Å². The van der Waals surface area contributed by atoms with Gasteiger partial charge in [0.25, 0.3) is 0 Å². The number of guanidine groups is 1. The molecule has 0 aliphatic carbocycles. The second kappa shape index (κ2) is 17.0. The Bertz CT molecular complexity index is 1520. The molecule has 0 amide bonds. The van der Waals surface area contributed by atoms with E-state index in [4.69, 9.17) is 42.4 Å². The fourth-order valence-electron chi connectivity index (χ4n) is 5.32. The van der Waals surface area contributed by atoms with Crippen LogP contribution < -0.4 is 19.7 Å². The molecule has 1 N–H and O–H groups in total. The van der Waals surface area contributed by atoms with E-state index in [2.05, 4.69) is 15.1 Å². The summed E-state index contributed by atoms with van der Waals surface area (Å²) in [7, 11) is 0. The van der Waals surface area contributed by atoms with Crippen molar-refractivity contribution in [3.8, 4) is 17.2 Å². The van der Waals surface area contributed by atoms with Crippen LogP contribution in [0, 0.1) is 15.9 Å². The van der Waals surface area contributed by atoms with Crippen molar-refractivity contribution in [1.82, 2.24) is 10.2 Å². The maximum absolute atomic E-state index is 13.7. The van der Waals surface area contributed by atoms with Gasteiger partial charge in [-0.2, -0.15) is 0 Å². The highest BCUT2D eigenvalue weighted by Gasteiger charge is 2.24. The van der Waals surface area contributed by atoms with Gasteiger partial charge in [0.1, 0.15) is 17.3 Å². The van der Waals surface area contributed by atoms with E-state index in [0.29, 0.717) is 62.4 Å². The van der Waals surface area contributed by atoms with Gasteiger partial charge in [-0.1, -0.05) is 29.3 Å². The summed E-state index contributed by atoms with van der Waals surface area (Å²) in [4.78, 5) is 20.4. The number of hydrogen-bond donors (Lipinski definition) is 1. The van der Waals surface area contributed by atoms with E-state index in [-0.39, 0.29) is 39.5 Å². The molecule has 3 aromatic rings. The van der Waals surface area contributed by atoms with E-state index in [0.717, 1.165) is 43.1 Å². The molecule has 3 aromatic carbocycles. The van der Waals surface area contributed by atoms with Crippen molar-refractivity contribution >= 4 is 57.5 Å². The Morgan fingerprint density at radius 2 is 1.89 bits per heavy atom. The fraction of sp³-hybridized carbons (Fsp3) is 0.406. The number of nitrogens with one attached hydrogen (secondary N) is 1. The minimum absolute atomic E-state index is 0. The number of anilines is 1. The molecule has 0 bridgehead atoms. The lowest BCUT2D eigenvalue weighted by molar-refractivity contribution is -0.385. The van der Waals surface area contributed by atoms with Crippen molar-refractivity contribution in [3.05, 3.63) is 86.1 Å². The van der Waals surface area contributed by atoms with E-state index < -0.39 is 10.7 Å². The first-order valence-corrected chi connectivity index (χ1v) is 15.8. The first-order chi connectivity index (χ1) is 21.8. The first-order valence-electron chi connectivity index (χ1n) is 15.0. The third kappa shape index (κ3) is 9.37. The van der Waals surface area contributed by atoms with Crippen LogP contribution in [-0.2, 0) is 11.3 Å². The lowest BCUT2D eigenvalue weighted by Crippen LogP contribution is -2.53. The van der Waals surface area contributed by atoms with E-state index in [1.807, 2.05) is 6.07 Å². The fourth-order valence-corrected chi connectivity index (χ4v) is 5.65. The van der Waals surface area contributed by atoms with Gasteiger partial charge < -0.3 is 29.3 Å². The van der Waals surface area contributed by atoms with Crippen LogP contribution in [0.1, 0.15) is 31.7 Å². The summed E-state index contributed by atoms with van der Waals surface area (Å²) in [5.41, 5.74) is 1.62. The maximum Gasteiger partial charge on any atom is 0.311 e. The van der Waals surface area contributed by atoms with Crippen LogP contribution in [0.15, 0.2) is 59.6 Å². The molecule has 46 heavy (non-hydrogen) atoms. The SMILES string of the molecule is Br.CCOc1cc(N2CCN(C(=NCc3ccc(Cl)cc3Oc3ccc(F)c(Cl)c3)NCC3CCCCO3)CC2)ccc1[N+](=O)[O-]. The molecule has 0 aromatic heterocycles. The highest BCUT2D eigenvalue weighted by molar-refractivity contribution is 8.93. The Kier molecular flexibility index (Phi) is 13.1. The zero-order valence-corrected chi connectivity index (χ0v) is 28.6. The van der Waals surface area contributed by atoms with E-state index in [1.54, 1.807) is 31.2 Å². The maximum atomic E-state index is 13.7. The van der Waals surface area contributed by atoms with Crippen LogP contribution in [-0.4, -0.2) is 67.8 Å². The average molecular weight is 741 g/mol. The van der Waals surface area contributed by atoms with E-state index in [1.165, 1.54) is 24.3 Å². The van der Waals surface area contributed by atoms with Crippen molar-refractivity contribution in [1.29, 1.82) is 0 Å². The van der Waals surface area contributed by atoms with Crippen LogP contribution in [0.3, 0.4) is 0 Å². The van der Waals surface area contributed by atoms with Gasteiger partial charge in [0.15, 0.2) is 11.7 Å². The summed E-state index contributed by atoms with van der Waals surface area (Å²) in [6, 6.07) is 14.5. The highest BCUT2D eigenvalue weighted by atomic mass is 79.9. The predicted octanol–water partition coefficient (Wildman–Crippen LogP) is 7.65. The van der Waals surface area contributed by atoms with Crippen molar-refractivity contribution in [2.75, 3.05) is 50.8 Å². The minimum atomic E-state index is -0.527. The number of halogens is 4. The van der Waals surface area contributed by atoms with Gasteiger partial charge in [-0.05, 0) is 56.5 Å². The van der Waals surface area contributed by atoms with E-state index in [9.17, 15) is 14.5 Å². The monoisotopic (exact) mass is 739 g/mol. The third-order valence-corrected chi connectivity index (χ3v) is 8.22. The second-order valence-electron chi connectivity index (χ2n) is 10.8. The largest absolute Gasteiger partial charge is 0.487 e. The number of benzene rings is 3. The number of nitro benzene ring substituents is 1. The molecule has 14 heteroatoms. The molecule has 2 aliphatic heterocycles. The Morgan fingerprint density at radius 3 is 2.59 bits per heavy atom. The average Bonchev–Trinajstić information content (AvgIpc) is 3.04. The first kappa shape index (κ1) is 35.5. The molecule has 5 rings (SSSR count). The van der Waals surface area contributed by atoms with Crippen molar-refractivity contribution in [2.24, 2.45) is 4.99 Å². The number of ether oxygens (including phenoxy) is 3. The van der Waals surface area contributed by atoms with Gasteiger partial charge in [0.2, 0.25) is 0 Å². The Balaban J connectivity index is 0.00000480. The van der Waals surface area contributed by atoms with Crippen LogP contribution in [0.4, 0.5) is 15.8 Å². The molecule has 0 spiro atoms. The van der Waals surface area contributed by atoms with Crippen molar-refractivity contribution in [2.45, 2.75) is 38.8 Å². The van der Waals surface area contributed by atoms with Gasteiger partial charge in [0.05, 0.1) is 29.2 Å². The standard InChI is InChI=1S/C32H36Cl2FN5O5.BrH/c1-2-43-31-18-24(8-11-29(31)40(41)42)38-12-14-39(15-13-38)32(37-21-26-5-3-4-16-44-26)36-20-22-6-7-23(33)17-30(22)45-25-9-10-28(35)27(34)19-25;/h6-11,17-19,26H,2-5,12-16,20-21H2,1H3,(H,36,37);1H. The minimum Gasteiger partial charge on any atom is -0.487 e. The Labute approximate surface area is 288 Å². The molecule has 1 atom stereocenters. The van der Waals surface area contributed by atoms with Crippen LogP contribution in [0.25, 0.3) is 0 Å². The molecule has 10 nitrogen and oxygen atoms in total. The summed E-state index contributed by atoms with van der Waals surface area (Å²) in [6.45, 7) is 6.56. The third-order valence-electron chi connectivity index (χ3n) is 7.69. The summed E-state index contributed by atoms with van der Waals surface area (Å²) in [5, 5.41) is 15.4. The zero-order valence-electron chi connectivity index (χ0n) is 25.4. The smallest absolute Gasteiger partial charge is 0.311 e. The molecular formula is C32H37BrCl2FN5O5. The topological polar surface area (TPSA) is 102 Å². The quantitative estimate of drug-likeness (QED) is 0.0980. The normalized spacial score (nSPS) is 16.9. The van der Waals surface area contributed by atoms with Gasteiger partial charge in [-0.3, -0.25) is 10.1 Å².